The second-order valence-electron chi connectivity index (χ2n) is 7.90. The lowest BCUT2D eigenvalue weighted by Crippen LogP contribution is -2.09. The highest BCUT2D eigenvalue weighted by Crippen LogP contribution is 2.38. The first-order chi connectivity index (χ1) is 16.0. The average molecular weight is 448 g/mol. The molecule has 3 aromatic carbocycles. The SMILES string of the molecule is CCCCn1c(C)c(C(=O)OCC)c2cc(OC(=O)c3ccc(F)cc3)c3ccccc3c21. The minimum Gasteiger partial charge on any atom is -0.462 e. The number of benzene rings is 3. The van der Waals surface area contributed by atoms with Crippen molar-refractivity contribution in [3.63, 3.8) is 0 Å². The number of ether oxygens (including phenoxy) is 2. The molecule has 0 amide bonds. The van der Waals surface area contributed by atoms with Gasteiger partial charge in [-0.25, -0.2) is 14.0 Å². The van der Waals surface area contributed by atoms with Crippen molar-refractivity contribution in [1.29, 1.82) is 0 Å². The van der Waals surface area contributed by atoms with Crippen molar-refractivity contribution in [3.05, 3.63) is 77.2 Å². The van der Waals surface area contributed by atoms with Gasteiger partial charge in [-0.3, -0.25) is 0 Å². The number of halogens is 1. The quantitative estimate of drug-likeness (QED) is 0.242. The van der Waals surface area contributed by atoms with Crippen molar-refractivity contribution in [2.24, 2.45) is 0 Å². The fourth-order valence-electron chi connectivity index (χ4n) is 4.19. The van der Waals surface area contributed by atoms with Gasteiger partial charge in [-0.15, -0.1) is 0 Å². The molecular weight excluding hydrogens is 421 g/mol. The molecule has 0 atom stereocenters. The Morgan fingerprint density at radius 3 is 2.30 bits per heavy atom. The molecule has 1 aromatic heterocycles. The van der Waals surface area contributed by atoms with E-state index in [4.69, 9.17) is 9.47 Å². The molecule has 0 N–H and O–H groups in total. The summed E-state index contributed by atoms with van der Waals surface area (Å²) in [5, 5.41) is 2.32. The van der Waals surface area contributed by atoms with Gasteiger partial charge >= 0.3 is 11.9 Å². The first-order valence-electron chi connectivity index (χ1n) is 11.2. The predicted octanol–water partition coefficient (Wildman–Crippen LogP) is 6.44. The summed E-state index contributed by atoms with van der Waals surface area (Å²) < 4.78 is 26.5. The summed E-state index contributed by atoms with van der Waals surface area (Å²) in [7, 11) is 0. The molecule has 5 nitrogen and oxygen atoms in total. The number of hydrogen-bond acceptors (Lipinski definition) is 4. The molecule has 0 spiro atoms. The maximum Gasteiger partial charge on any atom is 0.343 e. The third-order valence-electron chi connectivity index (χ3n) is 5.78. The summed E-state index contributed by atoms with van der Waals surface area (Å²) in [6, 6.07) is 14.6. The number of carbonyl (C=O) groups excluding carboxylic acids is 2. The second kappa shape index (κ2) is 9.45. The Hall–Kier alpha value is -3.67. The molecular formula is C27H26FNO4. The summed E-state index contributed by atoms with van der Waals surface area (Å²) in [4.78, 5) is 25.7. The van der Waals surface area contributed by atoms with Crippen LogP contribution in [0.4, 0.5) is 4.39 Å². The van der Waals surface area contributed by atoms with Gasteiger partial charge in [-0.1, -0.05) is 37.6 Å². The molecule has 0 unspecified atom stereocenters. The number of carbonyl (C=O) groups is 2. The highest BCUT2D eigenvalue weighted by Gasteiger charge is 2.24. The molecule has 0 bridgehead atoms. The van der Waals surface area contributed by atoms with Crippen LogP contribution in [0.15, 0.2) is 54.6 Å². The molecule has 4 rings (SSSR count). The predicted molar refractivity (Wildman–Crippen MR) is 126 cm³/mol. The smallest absolute Gasteiger partial charge is 0.343 e. The Morgan fingerprint density at radius 1 is 0.939 bits per heavy atom. The zero-order valence-corrected chi connectivity index (χ0v) is 19.0. The highest BCUT2D eigenvalue weighted by molar-refractivity contribution is 6.16. The molecule has 33 heavy (non-hydrogen) atoms. The second-order valence-corrected chi connectivity index (χ2v) is 7.90. The van der Waals surface area contributed by atoms with Crippen molar-refractivity contribution in [3.8, 4) is 5.75 Å². The third-order valence-corrected chi connectivity index (χ3v) is 5.78. The van der Waals surface area contributed by atoms with E-state index in [1.54, 1.807) is 13.0 Å². The van der Waals surface area contributed by atoms with Gasteiger partial charge in [0.15, 0.2) is 0 Å². The van der Waals surface area contributed by atoms with E-state index in [-0.39, 0.29) is 12.2 Å². The third kappa shape index (κ3) is 4.21. The Kier molecular flexibility index (Phi) is 6.45. The topological polar surface area (TPSA) is 57.5 Å². The lowest BCUT2D eigenvalue weighted by molar-refractivity contribution is 0.0527. The summed E-state index contributed by atoms with van der Waals surface area (Å²) >= 11 is 0. The van der Waals surface area contributed by atoms with Crippen LogP contribution < -0.4 is 4.74 Å². The molecule has 0 aliphatic rings. The minimum atomic E-state index is -0.598. The van der Waals surface area contributed by atoms with Crippen LogP contribution in [0.5, 0.6) is 5.75 Å². The van der Waals surface area contributed by atoms with Crippen molar-refractivity contribution in [2.45, 2.75) is 40.2 Å². The maximum absolute atomic E-state index is 13.3. The monoisotopic (exact) mass is 447 g/mol. The van der Waals surface area contributed by atoms with Crippen LogP contribution in [0.25, 0.3) is 21.7 Å². The van der Waals surface area contributed by atoms with Gasteiger partial charge in [-0.05, 0) is 50.6 Å². The molecule has 0 saturated carbocycles. The number of unbranched alkanes of at least 4 members (excludes halogenated alkanes) is 1. The largest absolute Gasteiger partial charge is 0.462 e. The van der Waals surface area contributed by atoms with Gasteiger partial charge in [0, 0.05) is 28.4 Å². The number of esters is 2. The summed E-state index contributed by atoms with van der Waals surface area (Å²) in [5.74, 6) is -1.09. The molecule has 0 fully saturated rings. The van der Waals surface area contributed by atoms with Gasteiger partial charge in [0.1, 0.15) is 11.6 Å². The van der Waals surface area contributed by atoms with Gasteiger partial charge < -0.3 is 14.0 Å². The maximum atomic E-state index is 13.3. The van der Waals surface area contributed by atoms with Crippen LogP contribution in [0.1, 0.15) is 53.1 Å². The number of aryl methyl sites for hydroxylation is 1. The zero-order chi connectivity index (χ0) is 23.5. The standard InChI is InChI=1S/C27H26FNO4/c1-4-6-15-29-17(3)24(27(31)32-5-2)22-16-23(20-9-7-8-10-21(20)25(22)29)33-26(30)18-11-13-19(28)14-12-18/h7-14,16H,4-6,15H2,1-3H3. The van der Waals surface area contributed by atoms with Crippen LogP contribution in [-0.2, 0) is 11.3 Å². The van der Waals surface area contributed by atoms with Gasteiger partial charge in [-0.2, -0.15) is 0 Å². The van der Waals surface area contributed by atoms with Crippen molar-refractivity contribution in [1.82, 2.24) is 4.57 Å². The van der Waals surface area contributed by atoms with Crippen LogP contribution in [0.2, 0.25) is 0 Å². The lowest BCUT2D eigenvalue weighted by atomic mass is 10.0. The van der Waals surface area contributed by atoms with Gasteiger partial charge in [0.05, 0.1) is 23.3 Å². The van der Waals surface area contributed by atoms with Gasteiger partial charge in [0.25, 0.3) is 0 Å². The van der Waals surface area contributed by atoms with Crippen molar-refractivity contribution in [2.75, 3.05) is 6.61 Å². The van der Waals surface area contributed by atoms with E-state index in [0.717, 1.165) is 41.4 Å². The summed E-state index contributed by atoms with van der Waals surface area (Å²) in [6.07, 6.45) is 1.97. The zero-order valence-electron chi connectivity index (χ0n) is 19.0. The van der Waals surface area contributed by atoms with Crippen molar-refractivity contribution < 1.29 is 23.5 Å². The van der Waals surface area contributed by atoms with E-state index >= 15 is 0 Å². The summed E-state index contributed by atoms with van der Waals surface area (Å²) in [5.41, 5.74) is 2.46. The fraction of sp³-hybridized carbons (Fsp3) is 0.259. The normalized spacial score (nSPS) is 11.2. The van der Waals surface area contributed by atoms with Gasteiger partial charge in [0.2, 0.25) is 0 Å². The Bertz CT molecular complexity index is 1340. The molecule has 0 radical (unpaired) electrons. The van der Waals surface area contributed by atoms with E-state index in [1.165, 1.54) is 24.3 Å². The van der Waals surface area contributed by atoms with Crippen LogP contribution in [-0.4, -0.2) is 23.1 Å². The Balaban J connectivity index is 1.94. The van der Waals surface area contributed by atoms with E-state index in [2.05, 4.69) is 11.5 Å². The molecule has 0 aliphatic heterocycles. The number of rotatable bonds is 7. The molecule has 0 saturated heterocycles. The number of nitrogens with zero attached hydrogens (tertiary/aromatic N) is 1. The lowest BCUT2D eigenvalue weighted by Gasteiger charge is -2.12. The number of hydrogen-bond donors (Lipinski definition) is 0. The average Bonchev–Trinajstić information content (AvgIpc) is 3.09. The van der Waals surface area contributed by atoms with E-state index in [1.807, 2.05) is 31.2 Å². The van der Waals surface area contributed by atoms with E-state index in [9.17, 15) is 14.0 Å². The molecule has 1 heterocycles. The molecule has 0 aliphatic carbocycles. The molecule has 170 valence electrons. The number of aromatic nitrogens is 1. The first kappa shape index (κ1) is 22.5. The van der Waals surface area contributed by atoms with Crippen molar-refractivity contribution >= 4 is 33.6 Å². The van der Waals surface area contributed by atoms with Crippen LogP contribution in [0, 0.1) is 12.7 Å². The number of fused-ring (bicyclic) bond motifs is 3. The first-order valence-corrected chi connectivity index (χ1v) is 11.2. The highest BCUT2D eigenvalue weighted by atomic mass is 19.1. The molecule has 4 aromatic rings. The molecule has 6 heteroatoms. The van der Waals surface area contributed by atoms with E-state index in [0.29, 0.717) is 16.7 Å². The Morgan fingerprint density at radius 2 is 1.64 bits per heavy atom. The van der Waals surface area contributed by atoms with Crippen LogP contribution in [0.3, 0.4) is 0 Å². The van der Waals surface area contributed by atoms with Crippen LogP contribution >= 0.6 is 0 Å². The Labute approximate surface area is 191 Å². The minimum absolute atomic E-state index is 0.239. The fourth-order valence-corrected chi connectivity index (χ4v) is 4.19. The van der Waals surface area contributed by atoms with E-state index < -0.39 is 17.8 Å². The summed E-state index contributed by atoms with van der Waals surface area (Å²) in [6.45, 7) is 6.84.